The molecule has 2 heterocycles. The number of hydrogen-bond donors (Lipinski definition) is 2. The summed E-state index contributed by atoms with van der Waals surface area (Å²) in [5.74, 6) is 1.02. The fraction of sp³-hybridized carbons (Fsp3) is 0.583. The summed E-state index contributed by atoms with van der Waals surface area (Å²) in [6.45, 7) is 2.00. The molecule has 0 spiro atoms. The average Bonchev–Trinajstić information content (AvgIpc) is 2.85. The van der Waals surface area contributed by atoms with Gasteiger partial charge in [-0.3, -0.25) is 4.98 Å². The van der Waals surface area contributed by atoms with E-state index < -0.39 is 5.60 Å². The van der Waals surface area contributed by atoms with E-state index in [0.29, 0.717) is 11.8 Å². The standard InChI is InChI=1S/C12H16N2O/c15-12(10-2-1-5-13-7-10)4-3-9-6-14-8-11(9)12/h1-2,5,7,9,11,14-15H,3-4,6,8H2/t9-,11+,12?/m0/s1. The fourth-order valence-electron chi connectivity index (χ4n) is 3.16. The van der Waals surface area contributed by atoms with Gasteiger partial charge in [-0.25, -0.2) is 0 Å². The molecule has 3 nitrogen and oxygen atoms in total. The Morgan fingerprint density at radius 1 is 1.47 bits per heavy atom. The highest BCUT2D eigenvalue weighted by molar-refractivity contribution is 5.23. The van der Waals surface area contributed by atoms with Gasteiger partial charge in [0.05, 0.1) is 5.60 Å². The molecule has 2 fully saturated rings. The molecule has 3 heteroatoms. The van der Waals surface area contributed by atoms with Crippen LogP contribution in [0.3, 0.4) is 0 Å². The van der Waals surface area contributed by atoms with Crippen molar-refractivity contribution in [2.75, 3.05) is 13.1 Å². The van der Waals surface area contributed by atoms with Gasteiger partial charge >= 0.3 is 0 Å². The molecule has 0 aromatic carbocycles. The monoisotopic (exact) mass is 204 g/mol. The van der Waals surface area contributed by atoms with Crippen LogP contribution in [0.5, 0.6) is 0 Å². The van der Waals surface area contributed by atoms with Crippen LogP contribution in [0.4, 0.5) is 0 Å². The van der Waals surface area contributed by atoms with Crippen LogP contribution in [-0.2, 0) is 5.60 Å². The molecule has 1 unspecified atom stereocenters. The van der Waals surface area contributed by atoms with Crippen molar-refractivity contribution in [1.82, 2.24) is 10.3 Å². The number of nitrogens with zero attached hydrogens (tertiary/aromatic N) is 1. The molecule has 0 radical (unpaired) electrons. The Kier molecular flexibility index (Phi) is 2.04. The van der Waals surface area contributed by atoms with Gasteiger partial charge in [-0.15, -0.1) is 0 Å². The lowest BCUT2D eigenvalue weighted by Crippen LogP contribution is -2.33. The van der Waals surface area contributed by atoms with E-state index in [9.17, 15) is 5.11 Å². The maximum Gasteiger partial charge on any atom is 0.0954 e. The Labute approximate surface area is 89.5 Å². The van der Waals surface area contributed by atoms with Gasteiger partial charge in [0, 0.05) is 30.4 Å². The number of nitrogens with one attached hydrogen (secondary N) is 1. The molecule has 1 aliphatic heterocycles. The van der Waals surface area contributed by atoms with E-state index in [1.807, 2.05) is 12.1 Å². The predicted octanol–water partition coefficient (Wildman–Crippen LogP) is 0.899. The molecule has 1 saturated carbocycles. The van der Waals surface area contributed by atoms with E-state index in [2.05, 4.69) is 10.3 Å². The third-order valence-electron chi connectivity index (χ3n) is 4.01. The van der Waals surface area contributed by atoms with Crippen LogP contribution in [0.2, 0.25) is 0 Å². The second kappa shape index (κ2) is 3.29. The molecule has 3 rings (SSSR count). The molecule has 2 aliphatic rings. The van der Waals surface area contributed by atoms with Crippen LogP contribution in [-0.4, -0.2) is 23.2 Å². The lowest BCUT2D eigenvalue weighted by molar-refractivity contribution is -0.00220. The van der Waals surface area contributed by atoms with Crippen LogP contribution >= 0.6 is 0 Å². The smallest absolute Gasteiger partial charge is 0.0954 e. The third kappa shape index (κ3) is 1.30. The van der Waals surface area contributed by atoms with Gasteiger partial charge in [0.2, 0.25) is 0 Å². The van der Waals surface area contributed by atoms with E-state index >= 15 is 0 Å². The van der Waals surface area contributed by atoms with Crippen LogP contribution in [0.25, 0.3) is 0 Å². The molecule has 1 aliphatic carbocycles. The molecule has 3 atom stereocenters. The summed E-state index contributed by atoms with van der Waals surface area (Å²) in [6.07, 6.45) is 5.58. The Morgan fingerprint density at radius 2 is 2.40 bits per heavy atom. The summed E-state index contributed by atoms with van der Waals surface area (Å²) >= 11 is 0. The quantitative estimate of drug-likeness (QED) is 0.714. The molecule has 80 valence electrons. The van der Waals surface area contributed by atoms with Crippen molar-refractivity contribution in [3.05, 3.63) is 30.1 Å². The number of rotatable bonds is 1. The van der Waals surface area contributed by atoms with Gasteiger partial charge in [0.1, 0.15) is 0 Å². The Morgan fingerprint density at radius 3 is 3.20 bits per heavy atom. The van der Waals surface area contributed by atoms with E-state index in [0.717, 1.165) is 31.5 Å². The zero-order valence-corrected chi connectivity index (χ0v) is 8.69. The second-order valence-electron chi connectivity index (χ2n) is 4.73. The van der Waals surface area contributed by atoms with Gasteiger partial charge in [-0.1, -0.05) is 6.07 Å². The molecule has 1 aromatic heterocycles. The fourth-order valence-corrected chi connectivity index (χ4v) is 3.16. The van der Waals surface area contributed by atoms with Gasteiger partial charge in [-0.2, -0.15) is 0 Å². The Balaban J connectivity index is 1.97. The summed E-state index contributed by atoms with van der Waals surface area (Å²) in [7, 11) is 0. The highest BCUT2D eigenvalue weighted by atomic mass is 16.3. The second-order valence-corrected chi connectivity index (χ2v) is 4.73. The number of hydrogen-bond acceptors (Lipinski definition) is 3. The van der Waals surface area contributed by atoms with Crippen molar-refractivity contribution in [3.63, 3.8) is 0 Å². The van der Waals surface area contributed by atoms with Crippen molar-refractivity contribution < 1.29 is 5.11 Å². The summed E-state index contributed by atoms with van der Waals surface area (Å²) < 4.78 is 0. The first-order chi connectivity index (χ1) is 7.31. The number of fused-ring (bicyclic) bond motifs is 1. The summed E-state index contributed by atoms with van der Waals surface area (Å²) in [5.41, 5.74) is 0.351. The van der Waals surface area contributed by atoms with Crippen LogP contribution in [0.15, 0.2) is 24.5 Å². The SMILES string of the molecule is OC1(c2cccnc2)CC[C@H]2CNC[C@H]21. The lowest BCUT2D eigenvalue weighted by Gasteiger charge is -2.29. The van der Waals surface area contributed by atoms with Crippen molar-refractivity contribution in [2.45, 2.75) is 18.4 Å². The van der Waals surface area contributed by atoms with Gasteiger partial charge < -0.3 is 10.4 Å². The van der Waals surface area contributed by atoms with Gasteiger partial charge in [0.15, 0.2) is 0 Å². The molecule has 2 N–H and O–H groups in total. The van der Waals surface area contributed by atoms with Crippen molar-refractivity contribution >= 4 is 0 Å². The maximum absolute atomic E-state index is 10.8. The van der Waals surface area contributed by atoms with Crippen LogP contribution in [0, 0.1) is 11.8 Å². The first-order valence-corrected chi connectivity index (χ1v) is 5.64. The van der Waals surface area contributed by atoms with Crippen molar-refractivity contribution in [1.29, 1.82) is 0 Å². The molecule has 1 saturated heterocycles. The molecular formula is C12H16N2O. The largest absolute Gasteiger partial charge is 0.385 e. The minimum absolute atomic E-state index is 0.377. The summed E-state index contributed by atoms with van der Waals surface area (Å²) in [4.78, 5) is 4.11. The van der Waals surface area contributed by atoms with E-state index in [4.69, 9.17) is 0 Å². The Bertz CT molecular complexity index is 354. The first-order valence-electron chi connectivity index (χ1n) is 5.64. The highest BCUT2D eigenvalue weighted by Crippen LogP contribution is 2.48. The molecular weight excluding hydrogens is 188 g/mol. The van der Waals surface area contributed by atoms with E-state index in [-0.39, 0.29) is 0 Å². The Hall–Kier alpha value is -0.930. The molecule has 1 aromatic rings. The highest BCUT2D eigenvalue weighted by Gasteiger charge is 2.50. The summed E-state index contributed by atoms with van der Waals surface area (Å²) in [5, 5.41) is 14.1. The number of aliphatic hydroxyl groups is 1. The number of aromatic nitrogens is 1. The predicted molar refractivity (Wildman–Crippen MR) is 57.2 cm³/mol. The van der Waals surface area contributed by atoms with Crippen LogP contribution < -0.4 is 5.32 Å². The zero-order chi connectivity index (χ0) is 10.3. The van der Waals surface area contributed by atoms with E-state index in [1.165, 1.54) is 0 Å². The minimum atomic E-state index is -0.636. The van der Waals surface area contributed by atoms with Crippen molar-refractivity contribution in [2.24, 2.45) is 11.8 Å². The minimum Gasteiger partial charge on any atom is -0.385 e. The van der Waals surface area contributed by atoms with Gasteiger partial charge in [-0.05, 0) is 31.4 Å². The zero-order valence-electron chi connectivity index (χ0n) is 8.69. The normalized spacial score (nSPS) is 39.3. The topological polar surface area (TPSA) is 45.2 Å². The molecule has 0 amide bonds. The maximum atomic E-state index is 10.8. The van der Waals surface area contributed by atoms with E-state index in [1.54, 1.807) is 12.4 Å². The summed E-state index contributed by atoms with van der Waals surface area (Å²) in [6, 6.07) is 3.90. The molecule has 0 bridgehead atoms. The number of pyridine rings is 1. The third-order valence-corrected chi connectivity index (χ3v) is 4.01. The first kappa shape index (κ1) is 9.31. The lowest BCUT2D eigenvalue weighted by atomic mass is 9.83. The molecule has 15 heavy (non-hydrogen) atoms. The van der Waals surface area contributed by atoms with Crippen LogP contribution in [0.1, 0.15) is 18.4 Å². The van der Waals surface area contributed by atoms with Crippen molar-refractivity contribution in [3.8, 4) is 0 Å². The van der Waals surface area contributed by atoms with Gasteiger partial charge in [0.25, 0.3) is 0 Å². The average molecular weight is 204 g/mol.